The highest BCUT2D eigenvalue weighted by Gasteiger charge is 2.27. The molecule has 0 spiro atoms. The number of methoxy groups -OCH3 is 2. The molecule has 0 aliphatic carbocycles. The largest absolute Gasteiger partial charge is 0.465 e. The molecule has 0 N–H and O–H groups in total. The molecule has 6 heteroatoms. The van der Waals surface area contributed by atoms with Gasteiger partial charge in [0.05, 0.1) is 19.8 Å². The van der Waals surface area contributed by atoms with Gasteiger partial charge < -0.3 is 14.4 Å². The average Bonchev–Trinajstić information content (AvgIpc) is 3.02. The number of carbonyl (C=O) groups excluding carboxylic acids is 3. The van der Waals surface area contributed by atoms with Gasteiger partial charge in [0.25, 0.3) is 0 Å². The van der Waals surface area contributed by atoms with Crippen LogP contribution in [0.5, 0.6) is 0 Å². The maximum Gasteiger partial charge on any atom is 0.355 e. The van der Waals surface area contributed by atoms with Crippen molar-refractivity contribution in [3.8, 4) is 0 Å². The fourth-order valence-corrected chi connectivity index (χ4v) is 3.21. The molecule has 2 aromatic carbocycles. The number of allylic oxidation sites excluding steroid dienone is 2. The van der Waals surface area contributed by atoms with E-state index in [2.05, 4.69) is 0 Å². The lowest BCUT2D eigenvalue weighted by Crippen LogP contribution is -2.27. The van der Waals surface area contributed by atoms with Gasteiger partial charge in [-0.25, -0.2) is 9.59 Å². The number of nitrogens with zero attached hydrogens (tertiary/aromatic N) is 1. The molecule has 0 atom stereocenters. The van der Waals surface area contributed by atoms with Crippen molar-refractivity contribution in [1.29, 1.82) is 0 Å². The molecule has 3 rings (SSSR count). The molecule has 6 nitrogen and oxygen atoms in total. The summed E-state index contributed by atoms with van der Waals surface area (Å²) in [6, 6.07) is 12.4. The number of ketones is 1. The quantitative estimate of drug-likeness (QED) is 0.540. The molecule has 1 aliphatic heterocycles. The van der Waals surface area contributed by atoms with Crippen LogP contribution in [-0.4, -0.2) is 31.9 Å². The topological polar surface area (TPSA) is 72.9 Å². The van der Waals surface area contributed by atoms with E-state index in [9.17, 15) is 14.4 Å². The fourth-order valence-electron chi connectivity index (χ4n) is 3.21. The number of hydrogen-bond donors (Lipinski definition) is 0. The average molecular weight is 417 g/mol. The Morgan fingerprint density at radius 1 is 0.806 bits per heavy atom. The second-order valence-electron chi connectivity index (χ2n) is 6.99. The van der Waals surface area contributed by atoms with Crippen LogP contribution in [0.1, 0.15) is 27.0 Å². The van der Waals surface area contributed by atoms with Crippen LogP contribution >= 0.6 is 0 Å². The van der Waals surface area contributed by atoms with E-state index in [0.29, 0.717) is 16.8 Å². The molecule has 0 amide bonds. The Morgan fingerprint density at radius 2 is 1.52 bits per heavy atom. The van der Waals surface area contributed by atoms with Crippen molar-refractivity contribution in [2.45, 2.75) is 13.8 Å². The Kier molecular flexibility index (Phi) is 6.50. The zero-order chi connectivity index (χ0) is 22.5. The van der Waals surface area contributed by atoms with Crippen LogP contribution < -0.4 is 4.90 Å². The molecule has 0 saturated heterocycles. The minimum absolute atomic E-state index is 0.00451. The first-order valence-corrected chi connectivity index (χ1v) is 9.64. The third-order valence-corrected chi connectivity index (χ3v) is 5.04. The molecule has 31 heavy (non-hydrogen) atoms. The number of rotatable bonds is 5. The summed E-state index contributed by atoms with van der Waals surface area (Å²) >= 11 is 0. The summed E-state index contributed by atoms with van der Waals surface area (Å²) in [6.45, 7) is 3.95. The van der Waals surface area contributed by atoms with E-state index < -0.39 is 11.9 Å². The zero-order valence-electron chi connectivity index (χ0n) is 17.8. The van der Waals surface area contributed by atoms with Crippen molar-refractivity contribution in [1.82, 2.24) is 0 Å². The molecule has 0 aromatic heterocycles. The van der Waals surface area contributed by atoms with Crippen LogP contribution in [0.25, 0.3) is 0 Å². The van der Waals surface area contributed by atoms with Gasteiger partial charge in [-0.2, -0.15) is 0 Å². The Hall–Kier alpha value is -3.93. The molecule has 0 saturated carbocycles. The maximum absolute atomic E-state index is 13.1. The van der Waals surface area contributed by atoms with Crippen molar-refractivity contribution < 1.29 is 23.9 Å². The molecule has 0 radical (unpaired) electrons. The van der Waals surface area contributed by atoms with Gasteiger partial charge in [0, 0.05) is 23.0 Å². The molecule has 1 aliphatic rings. The summed E-state index contributed by atoms with van der Waals surface area (Å²) in [5.41, 5.74) is 3.73. The van der Waals surface area contributed by atoms with E-state index in [1.807, 2.05) is 26.0 Å². The molecule has 2 aromatic rings. The summed E-state index contributed by atoms with van der Waals surface area (Å²) in [5, 5.41) is 0. The van der Waals surface area contributed by atoms with Crippen molar-refractivity contribution >= 4 is 23.4 Å². The number of anilines is 1. The third-order valence-electron chi connectivity index (χ3n) is 5.04. The second-order valence-corrected chi connectivity index (χ2v) is 6.99. The Labute approximate surface area is 181 Å². The highest BCUT2D eigenvalue weighted by atomic mass is 16.5. The van der Waals surface area contributed by atoms with Crippen molar-refractivity contribution in [2.75, 3.05) is 19.1 Å². The smallest absolute Gasteiger partial charge is 0.355 e. The molecule has 0 unspecified atom stereocenters. The number of carbonyl (C=O) groups is 3. The zero-order valence-corrected chi connectivity index (χ0v) is 17.8. The van der Waals surface area contributed by atoms with E-state index in [1.165, 1.54) is 25.2 Å². The van der Waals surface area contributed by atoms with Gasteiger partial charge in [-0.1, -0.05) is 30.3 Å². The molecule has 158 valence electrons. The normalized spacial score (nSPS) is 13.1. The summed E-state index contributed by atoms with van der Waals surface area (Å²) in [5.74, 6) is -1.52. The maximum atomic E-state index is 13.1. The predicted molar refractivity (Wildman–Crippen MR) is 118 cm³/mol. The first-order valence-electron chi connectivity index (χ1n) is 9.64. The van der Waals surface area contributed by atoms with Crippen molar-refractivity contribution in [3.05, 3.63) is 100 Å². The van der Waals surface area contributed by atoms with E-state index in [-0.39, 0.29) is 17.1 Å². The van der Waals surface area contributed by atoms with Crippen molar-refractivity contribution in [3.63, 3.8) is 0 Å². The number of hydrogen-bond acceptors (Lipinski definition) is 6. The highest BCUT2D eigenvalue weighted by Crippen LogP contribution is 2.28. The molecule has 0 bridgehead atoms. The standard InChI is InChI=1S/C25H23NO5/c1-16-11-12-19(14-17(16)2)23(27)18-8-7-9-20(15-18)26-13-6-5-10-21(24(28)30-3)22(26)25(29)31-4/h5-15H,1-4H3. The minimum atomic E-state index is -0.706. The lowest BCUT2D eigenvalue weighted by molar-refractivity contribution is -0.139. The summed E-state index contributed by atoms with van der Waals surface area (Å²) in [4.78, 5) is 39.5. The van der Waals surface area contributed by atoms with Crippen LogP contribution in [0.4, 0.5) is 5.69 Å². The van der Waals surface area contributed by atoms with E-state index >= 15 is 0 Å². The van der Waals surface area contributed by atoms with Gasteiger partial charge in [0.15, 0.2) is 5.78 Å². The van der Waals surface area contributed by atoms with Crippen molar-refractivity contribution in [2.24, 2.45) is 0 Å². The molecule has 1 heterocycles. The summed E-state index contributed by atoms with van der Waals surface area (Å²) < 4.78 is 9.74. The Balaban J connectivity index is 2.09. The van der Waals surface area contributed by atoms with Crippen LogP contribution in [0.3, 0.4) is 0 Å². The molecular weight excluding hydrogens is 394 g/mol. The van der Waals surface area contributed by atoms with E-state index in [4.69, 9.17) is 9.47 Å². The van der Waals surface area contributed by atoms with Crippen LogP contribution in [0, 0.1) is 13.8 Å². The number of esters is 2. The monoisotopic (exact) mass is 417 g/mol. The van der Waals surface area contributed by atoms with Crippen LogP contribution in [0.15, 0.2) is 78.2 Å². The molecular formula is C25H23NO5. The molecule has 0 fully saturated rings. The fraction of sp³-hybridized carbons (Fsp3) is 0.160. The number of aryl methyl sites for hydroxylation is 2. The number of ether oxygens (including phenoxy) is 2. The van der Waals surface area contributed by atoms with Gasteiger partial charge in [0.1, 0.15) is 5.70 Å². The van der Waals surface area contributed by atoms with Gasteiger partial charge >= 0.3 is 11.9 Å². The minimum Gasteiger partial charge on any atom is -0.465 e. The lowest BCUT2D eigenvalue weighted by atomic mass is 9.99. The van der Waals surface area contributed by atoms with Gasteiger partial charge in [-0.15, -0.1) is 0 Å². The van der Waals surface area contributed by atoms with Crippen LogP contribution in [-0.2, 0) is 19.1 Å². The van der Waals surface area contributed by atoms with Crippen LogP contribution in [0.2, 0.25) is 0 Å². The SMILES string of the molecule is COC(=O)C1=C(C(=O)OC)N(c2cccc(C(=O)c3ccc(C)c(C)c3)c2)C=CC=C1. The van der Waals surface area contributed by atoms with Gasteiger partial charge in [-0.3, -0.25) is 4.79 Å². The van der Waals surface area contributed by atoms with Gasteiger partial charge in [0.2, 0.25) is 0 Å². The first-order chi connectivity index (χ1) is 14.9. The van der Waals surface area contributed by atoms with Gasteiger partial charge in [-0.05, 0) is 55.3 Å². The highest BCUT2D eigenvalue weighted by molar-refractivity contribution is 6.10. The Morgan fingerprint density at radius 3 is 2.19 bits per heavy atom. The van der Waals surface area contributed by atoms with E-state index in [0.717, 1.165) is 11.1 Å². The predicted octanol–water partition coefficient (Wildman–Crippen LogP) is 4.02. The first kappa shape index (κ1) is 21.8. The summed E-state index contributed by atoms with van der Waals surface area (Å²) in [6.07, 6.45) is 6.41. The lowest BCUT2D eigenvalue weighted by Gasteiger charge is -2.23. The Bertz CT molecular complexity index is 1140. The number of benzene rings is 2. The van der Waals surface area contributed by atoms with E-state index in [1.54, 1.807) is 48.7 Å². The summed E-state index contributed by atoms with van der Waals surface area (Å²) in [7, 11) is 2.48. The third kappa shape index (κ3) is 4.48. The second kappa shape index (κ2) is 9.26.